The molecular weight excluding hydrogens is 344 g/mol. The highest BCUT2D eigenvalue weighted by Crippen LogP contribution is 2.20. The minimum Gasteiger partial charge on any atom is -0.378 e. The van der Waals surface area contributed by atoms with E-state index in [0.717, 1.165) is 32.1 Å². The number of anilines is 1. The van der Waals surface area contributed by atoms with Crippen molar-refractivity contribution in [2.75, 3.05) is 25.1 Å². The molecule has 1 saturated heterocycles. The van der Waals surface area contributed by atoms with Gasteiger partial charge in [-0.05, 0) is 50.3 Å². The zero-order valence-electron chi connectivity index (χ0n) is 15.9. The van der Waals surface area contributed by atoms with Crippen molar-refractivity contribution in [1.29, 1.82) is 0 Å². The lowest BCUT2D eigenvalue weighted by atomic mass is 9.98. The summed E-state index contributed by atoms with van der Waals surface area (Å²) in [6.45, 7) is 1.89. The van der Waals surface area contributed by atoms with E-state index < -0.39 is 0 Å². The van der Waals surface area contributed by atoms with E-state index in [4.69, 9.17) is 9.47 Å². The van der Waals surface area contributed by atoms with Crippen LogP contribution in [-0.2, 0) is 14.3 Å². The number of rotatable bonds is 8. The molecule has 2 aliphatic rings. The first kappa shape index (κ1) is 19.8. The van der Waals surface area contributed by atoms with Crippen LogP contribution in [0.3, 0.4) is 0 Å². The molecule has 0 radical (unpaired) electrons. The van der Waals surface area contributed by atoms with E-state index in [9.17, 15) is 9.59 Å². The molecule has 0 spiro atoms. The number of carbonyl (C=O) groups excluding carboxylic acids is 2. The van der Waals surface area contributed by atoms with Crippen LogP contribution < -0.4 is 10.6 Å². The van der Waals surface area contributed by atoms with E-state index in [-0.39, 0.29) is 17.9 Å². The Morgan fingerprint density at radius 1 is 1.11 bits per heavy atom. The summed E-state index contributed by atoms with van der Waals surface area (Å²) in [5.41, 5.74) is 1.15. The summed E-state index contributed by atoms with van der Waals surface area (Å²) in [6.07, 6.45) is 8.65. The molecule has 148 valence electrons. The third-order valence-electron chi connectivity index (χ3n) is 5.13. The van der Waals surface area contributed by atoms with Crippen LogP contribution in [-0.4, -0.2) is 43.8 Å². The molecule has 27 heavy (non-hydrogen) atoms. The second-order valence-corrected chi connectivity index (χ2v) is 7.31. The average Bonchev–Trinajstić information content (AvgIpc) is 3.24. The maximum Gasteiger partial charge on any atom is 0.253 e. The third kappa shape index (κ3) is 6.33. The van der Waals surface area contributed by atoms with Crippen LogP contribution in [0.5, 0.6) is 0 Å². The van der Waals surface area contributed by atoms with Crippen LogP contribution >= 0.6 is 0 Å². The number of hydrogen-bond acceptors (Lipinski definition) is 4. The summed E-state index contributed by atoms with van der Waals surface area (Å²) in [4.78, 5) is 24.4. The van der Waals surface area contributed by atoms with Gasteiger partial charge in [0.05, 0.1) is 6.10 Å². The summed E-state index contributed by atoms with van der Waals surface area (Å²) in [7, 11) is 0. The molecule has 3 rings (SSSR count). The number of ether oxygens (including phenoxy) is 2. The highest BCUT2D eigenvalue weighted by Gasteiger charge is 2.23. The van der Waals surface area contributed by atoms with Gasteiger partial charge in [-0.1, -0.05) is 25.3 Å². The van der Waals surface area contributed by atoms with Crippen molar-refractivity contribution in [3.05, 3.63) is 29.8 Å². The highest BCUT2D eigenvalue weighted by molar-refractivity contribution is 5.98. The molecule has 1 heterocycles. The van der Waals surface area contributed by atoms with Crippen molar-refractivity contribution in [2.45, 2.75) is 63.6 Å². The fourth-order valence-corrected chi connectivity index (χ4v) is 3.60. The molecule has 1 aromatic carbocycles. The van der Waals surface area contributed by atoms with E-state index in [2.05, 4.69) is 10.6 Å². The molecule has 1 unspecified atom stereocenters. The lowest BCUT2D eigenvalue weighted by Gasteiger charge is -2.21. The highest BCUT2D eigenvalue weighted by atomic mass is 16.5. The van der Waals surface area contributed by atoms with Crippen molar-refractivity contribution in [1.82, 2.24) is 5.32 Å². The Hall–Kier alpha value is -1.92. The standard InChI is InChI=1S/C21H30N2O4/c24-20(22-12-6-14-26-18-9-2-1-3-10-18)16-7-4-8-17(15-16)23-21(25)19-11-5-13-27-19/h4,7-8,15,18-19H,1-3,5-6,9-14H2,(H,22,24)(H,23,25). The fourth-order valence-electron chi connectivity index (χ4n) is 3.60. The maximum atomic E-state index is 12.3. The maximum absolute atomic E-state index is 12.3. The Morgan fingerprint density at radius 2 is 1.96 bits per heavy atom. The molecule has 6 heteroatoms. The molecule has 0 aromatic heterocycles. The number of amides is 2. The van der Waals surface area contributed by atoms with Crippen LogP contribution in [0.4, 0.5) is 5.69 Å². The zero-order valence-corrected chi connectivity index (χ0v) is 15.9. The molecule has 1 atom stereocenters. The van der Waals surface area contributed by atoms with Crippen LogP contribution in [0.15, 0.2) is 24.3 Å². The average molecular weight is 374 g/mol. The molecule has 1 aliphatic heterocycles. The number of hydrogen-bond donors (Lipinski definition) is 2. The van der Waals surface area contributed by atoms with Gasteiger partial charge in [0.15, 0.2) is 0 Å². The zero-order chi connectivity index (χ0) is 18.9. The van der Waals surface area contributed by atoms with Crippen LogP contribution in [0.1, 0.15) is 61.7 Å². The van der Waals surface area contributed by atoms with E-state index in [1.54, 1.807) is 24.3 Å². The minimum absolute atomic E-state index is 0.138. The SMILES string of the molecule is O=C(NCCCOC1CCCCC1)c1cccc(NC(=O)C2CCCO2)c1. The predicted octanol–water partition coefficient (Wildman–Crippen LogP) is 3.27. The first-order valence-electron chi connectivity index (χ1n) is 10.1. The topological polar surface area (TPSA) is 76.7 Å². The van der Waals surface area contributed by atoms with Crippen molar-refractivity contribution in [2.24, 2.45) is 0 Å². The van der Waals surface area contributed by atoms with E-state index >= 15 is 0 Å². The third-order valence-corrected chi connectivity index (χ3v) is 5.13. The quantitative estimate of drug-likeness (QED) is 0.685. The number of carbonyl (C=O) groups is 2. The molecule has 2 N–H and O–H groups in total. The Labute approximate surface area is 161 Å². The summed E-state index contributed by atoms with van der Waals surface area (Å²) in [6, 6.07) is 6.99. The van der Waals surface area contributed by atoms with Gasteiger partial charge in [0.25, 0.3) is 11.8 Å². The van der Waals surface area contributed by atoms with Crippen LogP contribution in [0.2, 0.25) is 0 Å². The van der Waals surface area contributed by atoms with E-state index in [1.165, 1.54) is 19.3 Å². The van der Waals surface area contributed by atoms with Crippen LogP contribution in [0.25, 0.3) is 0 Å². The van der Waals surface area contributed by atoms with Gasteiger partial charge < -0.3 is 20.1 Å². The molecule has 0 bridgehead atoms. The Kier molecular flexibility index (Phi) is 7.66. The molecule has 1 saturated carbocycles. The predicted molar refractivity (Wildman–Crippen MR) is 104 cm³/mol. The van der Waals surface area contributed by atoms with Crippen molar-refractivity contribution in [3.63, 3.8) is 0 Å². The number of benzene rings is 1. The monoisotopic (exact) mass is 374 g/mol. The minimum atomic E-state index is -0.383. The second kappa shape index (κ2) is 10.4. The fraction of sp³-hybridized carbons (Fsp3) is 0.619. The van der Waals surface area contributed by atoms with Gasteiger partial charge in [-0.15, -0.1) is 0 Å². The number of nitrogens with one attached hydrogen (secondary N) is 2. The summed E-state index contributed by atoms with van der Waals surface area (Å²) < 4.78 is 11.3. The molecule has 2 fully saturated rings. The first-order chi connectivity index (χ1) is 13.2. The second-order valence-electron chi connectivity index (χ2n) is 7.31. The van der Waals surface area contributed by atoms with Gasteiger partial charge in [0.2, 0.25) is 0 Å². The van der Waals surface area contributed by atoms with E-state index in [0.29, 0.717) is 37.1 Å². The Balaban J connectivity index is 1.38. The van der Waals surface area contributed by atoms with Gasteiger partial charge in [-0.25, -0.2) is 0 Å². The lowest BCUT2D eigenvalue weighted by molar-refractivity contribution is -0.124. The smallest absolute Gasteiger partial charge is 0.253 e. The Morgan fingerprint density at radius 3 is 2.74 bits per heavy atom. The Bertz CT molecular complexity index is 622. The summed E-state index contributed by atoms with van der Waals surface area (Å²) in [5.74, 6) is -0.286. The summed E-state index contributed by atoms with van der Waals surface area (Å²) >= 11 is 0. The van der Waals surface area contributed by atoms with Crippen LogP contribution in [0, 0.1) is 0 Å². The van der Waals surface area contributed by atoms with Gasteiger partial charge in [-0.2, -0.15) is 0 Å². The first-order valence-corrected chi connectivity index (χ1v) is 10.1. The summed E-state index contributed by atoms with van der Waals surface area (Å²) in [5, 5.41) is 5.74. The van der Waals surface area contributed by atoms with E-state index in [1.807, 2.05) is 0 Å². The van der Waals surface area contributed by atoms with Gasteiger partial charge in [-0.3, -0.25) is 9.59 Å². The van der Waals surface area contributed by atoms with Gasteiger partial charge in [0.1, 0.15) is 6.10 Å². The molecule has 1 aromatic rings. The van der Waals surface area contributed by atoms with Gasteiger partial charge >= 0.3 is 0 Å². The van der Waals surface area contributed by atoms with Crippen molar-refractivity contribution in [3.8, 4) is 0 Å². The molecule has 6 nitrogen and oxygen atoms in total. The largest absolute Gasteiger partial charge is 0.378 e. The van der Waals surface area contributed by atoms with Crippen molar-refractivity contribution >= 4 is 17.5 Å². The van der Waals surface area contributed by atoms with Crippen molar-refractivity contribution < 1.29 is 19.1 Å². The normalized spacial score (nSPS) is 20.4. The molecule has 1 aliphatic carbocycles. The molecule has 2 amide bonds. The van der Waals surface area contributed by atoms with Gasteiger partial charge in [0, 0.05) is 31.0 Å². The lowest BCUT2D eigenvalue weighted by Crippen LogP contribution is -2.28. The molecular formula is C21H30N2O4.